The molecule has 0 saturated carbocycles. The first-order valence-electron chi connectivity index (χ1n) is 6.17. The second kappa shape index (κ2) is 6.14. The van der Waals surface area contributed by atoms with E-state index in [9.17, 15) is 9.59 Å². The Morgan fingerprint density at radius 2 is 2.37 bits per heavy atom. The number of nitrogens with two attached hydrogens (primary N) is 1. The molecule has 19 heavy (non-hydrogen) atoms. The van der Waals surface area contributed by atoms with Gasteiger partial charge in [0.1, 0.15) is 5.00 Å². The van der Waals surface area contributed by atoms with Crippen molar-refractivity contribution in [3.63, 3.8) is 0 Å². The van der Waals surface area contributed by atoms with Crippen LogP contribution < -0.4 is 16.4 Å². The van der Waals surface area contributed by atoms with E-state index >= 15 is 0 Å². The fraction of sp³-hybridized carbons (Fsp3) is 0.500. The van der Waals surface area contributed by atoms with E-state index in [1.54, 1.807) is 11.4 Å². The van der Waals surface area contributed by atoms with Crippen molar-refractivity contribution in [1.82, 2.24) is 10.2 Å². The lowest BCUT2D eigenvalue weighted by atomic mass is 10.3. The van der Waals surface area contributed by atoms with Gasteiger partial charge in [0.05, 0.1) is 12.1 Å². The number of nitrogens with zero attached hydrogens (tertiary/aromatic N) is 1. The summed E-state index contributed by atoms with van der Waals surface area (Å²) in [6.45, 7) is 2.12. The number of nitrogens with one attached hydrogen (secondary N) is 2. The van der Waals surface area contributed by atoms with Gasteiger partial charge in [-0.05, 0) is 24.9 Å². The molecule has 0 aromatic carbocycles. The normalized spacial score (nSPS) is 19.5. The van der Waals surface area contributed by atoms with E-state index in [1.165, 1.54) is 11.3 Å². The first-order valence-corrected chi connectivity index (χ1v) is 7.05. The number of amides is 2. The minimum absolute atomic E-state index is 0.110. The molecule has 1 aliphatic rings. The standard InChI is InChI=1S/C12H18N4O2S/c1-14-8-2-4-16(6-8)7-10(17)15-12-9(11(13)18)3-5-19-12/h3,5,8,14H,2,4,6-7H2,1H3,(H2,13,18)(H,15,17). The minimum atomic E-state index is -0.520. The molecule has 1 unspecified atom stereocenters. The summed E-state index contributed by atoms with van der Waals surface area (Å²) in [5.41, 5.74) is 5.60. The number of likely N-dealkylation sites (N-methyl/N-ethyl adjacent to an activating group) is 1. The number of hydrogen-bond donors (Lipinski definition) is 3. The van der Waals surface area contributed by atoms with Crippen LogP contribution in [0.3, 0.4) is 0 Å². The van der Waals surface area contributed by atoms with Gasteiger partial charge in [0.25, 0.3) is 5.91 Å². The second-order valence-corrected chi connectivity index (χ2v) is 5.50. The molecule has 0 aliphatic carbocycles. The average Bonchev–Trinajstić information content (AvgIpc) is 2.97. The van der Waals surface area contributed by atoms with Gasteiger partial charge in [-0.3, -0.25) is 14.5 Å². The van der Waals surface area contributed by atoms with Gasteiger partial charge >= 0.3 is 0 Å². The number of thiophene rings is 1. The van der Waals surface area contributed by atoms with Crippen LogP contribution in [0.2, 0.25) is 0 Å². The van der Waals surface area contributed by atoms with E-state index in [0.717, 1.165) is 19.5 Å². The summed E-state index contributed by atoms with van der Waals surface area (Å²) < 4.78 is 0. The molecule has 1 aromatic rings. The van der Waals surface area contributed by atoms with Gasteiger partial charge in [-0.25, -0.2) is 0 Å². The number of rotatable bonds is 5. The summed E-state index contributed by atoms with van der Waals surface area (Å²) in [5.74, 6) is -0.630. The number of primary amides is 1. The zero-order chi connectivity index (χ0) is 13.8. The Morgan fingerprint density at radius 1 is 1.58 bits per heavy atom. The monoisotopic (exact) mass is 282 g/mol. The lowest BCUT2D eigenvalue weighted by Crippen LogP contribution is -2.34. The molecule has 1 aromatic heterocycles. The smallest absolute Gasteiger partial charge is 0.251 e. The van der Waals surface area contributed by atoms with Gasteiger partial charge in [0.15, 0.2) is 0 Å². The van der Waals surface area contributed by atoms with Crippen LogP contribution in [0.5, 0.6) is 0 Å². The molecule has 4 N–H and O–H groups in total. The van der Waals surface area contributed by atoms with Crippen LogP contribution in [-0.2, 0) is 4.79 Å². The van der Waals surface area contributed by atoms with Crippen LogP contribution in [-0.4, -0.2) is 49.4 Å². The Hall–Kier alpha value is -1.44. The summed E-state index contributed by atoms with van der Waals surface area (Å²) >= 11 is 1.31. The maximum Gasteiger partial charge on any atom is 0.251 e. The molecular formula is C12H18N4O2S. The highest BCUT2D eigenvalue weighted by Gasteiger charge is 2.23. The topological polar surface area (TPSA) is 87.5 Å². The average molecular weight is 282 g/mol. The van der Waals surface area contributed by atoms with E-state index in [4.69, 9.17) is 5.73 Å². The molecule has 7 heteroatoms. The summed E-state index contributed by atoms with van der Waals surface area (Å²) in [6.07, 6.45) is 1.05. The lowest BCUT2D eigenvalue weighted by Gasteiger charge is -2.15. The Labute approximate surface area is 116 Å². The van der Waals surface area contributed by atoms with Crippen molar-refractivity contribution in [3.8, 4) is 0 Å². The number of carbonyl (C=O) groups excluding carboxylic acids is 2. The van der Waals surface area contributed by atoms with Crippen molar-refractivity contribution in [2.45, 2.75) is 12.5 Å². The van der Waals surface area contributed by atoms with Crippen LogP contribution in [0.1, 0.15) is 16.8 Å². The molecule has 2 heterocycles. The van der Waals surface area contributed by atoms with Crippen LogP contribution in [0.25, 0.3) is 0 Å². The summed E-state index contributed by atoms with van der Waals surface area (Å²) in [4.78, 5) is 25.2. The Bertz CT molecular complexity index is 474. The van der Waals surface area contributed by atoms with Crippen LogP contribution in [0.4, 0.5) is 5.00 Å². The van der Waals surface area contributed by atoms with Crippen molar-refractivity contribution in [1.29, 1.82) is 0 Å². The maximum absolute atomic E-state index is 11.9. The number of anilines is 1. The predicted octanol–water partition coefficient (Wildman–Crippen LogP) is 0.0792. The van der Waals surface area contributed by atoms with Crippen molar-refractivity contribution >= 4 is 28.2 Å². The molecular weight excluding hydrogens is 264 g/mol. The molecule has 104 valence electrons. The highest BCUT2D eigenvalue weighted by Crippen LogP contribution is 2.22. The summed E-state index contributed by atoms with van der Waals surface area (Å²) in [7, 11) is 1.93. The van der Waals surface area contributed by atoms with Gasteiger partial charge < -0.3 is 16.4 Å². The molecule has 1 fully saturated rings. The third kappa shape index (κ3) is 3.52. The lowest BCUT2D eigenvalue weighted by molar-refractivity contribution is -0.117. The molecule has 1 atom stereocenters. The molecule has 0 spiro atoms. The second-order valence-electron chi connectivity index (χ2n) is 4.59. The SMILES string of the molecule is CNC1CCN(CC(=O)Nc2sccc2C(N)=O)C1. The van der Waals surface area contributed by atoms with E-state index in [-0.39, 0.29) is 5.91 Å². The van der Waals surface area contributed by atoms with E-state index in [2.05, 4.69) is 15.5 Å². The van der Waals surface area contributed by atoms with Crippen molar-refractivity contribution in [3.05, 3.63) is 17.0 Å². The highest BCUT2D eigenvalue weighted by atomic mass is 32.1. The third-order valence-electron chi connectivity index (χ3n) is 3.23. The van der Waals surface area contributed by atoms with Crippen LogP contribution in [0, 0.1) is 0 Å². The van der Waals surface area contributed by atoms with Gasteiger partial charge in [0.2, 0.25) is 5.91 Å². The third-order valence-corrected chi connectivity index (χ3v) is 4.06. The van der Waals surface area contributed by atoms with E-state index in [1.807, 2.05) is 7.05 Å². The highest BCUT2D eigenvalue weighted by molar-refractivity contribution is 7.14. The first-order chi connectivity index (χ1) is 9.10. The molecule has 0 bridgehead atoms. The van der Waals surface area contributed by atoms with Gasteiger partial charge in [-0.2, -0.15) is 0 Å². The Balaban J connectivity index is 1.88. The van der Waals surface area contributed by atoms with Gasteiger partial charge in [-0.1, -0.05) is 0 Å². The molecule has 1 saturated heterocycles. The van der Waals surface area contributed by atoms with Crippen LogP contribution in [0.15, 0.2) is 11.4 Å². The Kier molecular flexibility index (Phi) is 4.52. The van der Waals surface area contributed by atoms with Crippen LogP contribution >= 0.6 is 11.3 Å². The fourth-order valence-corrected chi connectivity index (χ4v) is 2.99. The van der Waals surface area contributed by atoms with Crippen molar-refractivity contribution in [2.24, 2.45) is 5.73 Å². The predicted molar refractivity (Wildman–Crippen MR) is 75.4 cm³/mol. The molecule has 1 aliphatic heterocycles. The number of carbonyl (C=O) groups is 2. The molecule has 0 radical (unpaired) electrons. The minimum Gasteiger partial charge on any atom is -0.366 e. The largest absolute Gasteiger partial charge is 0.366 e. The number of likely N-dealkylation sites (tertiary alicyclic amines) is 1. The summed E-state index contributed by atoms with van der Waals surface area (Å²) in [6, 6.07) is 2.07. The number of hydrogen-bond acceptors (Lipinski definition) is 5. The fourth-order valence-electron chi connectivity index (χ4n) is 2.18. The molecule has 6 nitrogen and oxygen atoms in total. The van der Waals surface area contributed by atoms with E-state index in [0.29, 0.717) is 23.2 Å². The van der Waals surface area contributed by atoms with E-state index < -0.39 is 5.91 Å². The first kappa shape index (κ1) is 14.0. The molecule has 2 amide bonds. The van der Waals surface area contributed by atoms with Gasteiger partial charge in [-0.15, -0.1) is 11.3 Å². The molecule has 2 rings (SSSR count). The zero-order valence-electron chi connectivity index (χ0n) is 10.8. The maximum atomic E-state index is 11.9. The Morgan fingerprint density at radius 3 is 3.00 bits per heavy atom. The zero-order valence-corrected chi connectivity index (χ0v) is 11.6. The quantitative estimate of drug-likeness (QED) is 0.713. The van der Waals surface area contributed by atoms with Crippen molar-refractivity contribution in [2.75, 3.05) is 32.0 Å². The summed E-state index contributed by atoms with van der Waals surface area (Å²) in [5, 5.41) is 8.22. The van der Waals surface area contributed by atoms with Gasteiger partial charge in [0, 0.05) is 19.1 Å². The van der Waals surface area contributed by atoms with Crippen molar-refractivity contribution < 1.29 is 9.59 Å².